The van der Waals surface area contributed by atoms with Gasteiger partial charge in [-0.25, -0.2) is 31.2 Å². The van der Waals surface area contributed by atoms with Crippen molar-refractivity contribution in [2.75, 3.05) is 18.5 Å². The maximum atomic E-state index is 14.8. The number of ether oxygens (including phenoxy) is 1. The van der Waals surface area contributed by atoms with Crippen LogP contribution in [0.5, 0.6) is 0 Å². The molecule has 2 N–H and O–H groups in total. The van der Waals surface area contributed by atoms with Crippen molar-refractivity contribution in [2.24, 2.45) is 0 Å². The zero-order chi connectivity index (χ0) is 21.2. The summed E-state index contributed by atoms with van der Waals surface area (Å²) in [6.45, 7) is 7.31. The van der Waals surface area contributed by atoms with Crippen LogP contribution in [-0.4, -0.2) is 33.6 Å². The van der Waals surface area contributed by atoms with E-state index in [0.717, 1.165) is 18.2 Å². The molecule has 0 saturated carbocycles. The number of hydrogen-bond acceptors (Lipinski definition) is 4. The number of hydrogen-bond donors (Lipinski definition) is 2. The van der Waals surface area contributed by atoms with Crippen LogP contribution in [-0.2, 0) is 14.8 Å². The number of carbonyl (C=O) groups is 1. The Kier molecular flexibility index (Phi) is 7.49. The summed E-state index contributed by atoms with van der Waals surface area (Å²) in [6, 6.07) is 3.80. The Morgan fingerprint density at radius 1 is 1.17 bits per heavy atom. The molecule has 1 atom stereocenters. The van der Waals surface area contributed by atoms with Crippen molar-refractivity contribution in [3.05, 3.63) is 64.8 Å². The van der Waals surface area contributed by atoms with Crippen molar-refractivity contribution in [2.45, 2.75) is 17.4 Å². The SMILES string of the molecule is S.[C-]#[N+]c1cc(NC(=O)c2c(F)ccc(S(=O)(=O)N[C@H]3CCOC3)c2F)ccc1F. The molecular weight excluding hydrogens is 443 g/mol. The third kappa shape index (κ3) is 4.93. The van der Waals surface area contributed by atoms with Gasteiger partial charge >= 0.3 is 0 Å². The number of halogens is 3. The maximum Gasteiger partial charge on any atom is 0.261 e. The molecule has 1 fully saturated rings. The molecule has 12 heteroatoms. The second kappa shape index (κ2) is 9.48. The standard InChI is InChI=1S/C18H14F3N3O4S.H2S/c1-22-14-8-10(2-3-12(14)19)23-18(25)16-13(20)4-5-15(17(16)21)29(26,27)24-11-6-7-28-9-11;/h2-5,8,11,24H,6-7,9H2,(H,23,25);1H2/t11-;/m0./s1. The molecule has 0 aliphatic carbocycles. The summed E-state index contributed by atoms with van der Waals surface area (Å²) in [5, 5.41) is 2.13. The van der Waals surface area contributed by atoms with E-state index in [9.17, 15) is 26.4 Å². The summed E-state index contributed by atoms with van der Waals surface area (Å²) in [7, 11) is -4.38. The van der Waals surface area contributed by atoms with Gasteiger partial charge in [0.1, 0.15) is 22.1 Å². The van der Waals surface area contributed by atoms with Crippen LogP contribution in [0.15, 0.2) is 35.2 Å². The topological polar surface area (TPSA) is 88.9 Å². The molecule has 0 bridgehead atoms. The summed E-state index contributed by atoms with van der Waals surface area (Å²) in [4.78, 5) is 14.4. The zero-order valence-corrected chi connectivity index (χ0v) is 17.0. The largest absolute Gasteiger partial charge is 0.380 e. The van der Waals surface area contributed by atoms with Crippen LogP contribution in [0.2, 0.25) is 0 Å². The van der Waals surface area contributed by atoms with Gasteiger partial charge in [0, 0.05) is 18.3 Å². The van der Waals surface area contributed by atoms with Crippen LogP contribution >= 0.6 is 13.5 Å². The lowest BCUT2D eigenvalue weighted by atomic mass is 10.1. The van der Waals surface area contributed by atoms with E-state index in [4.69, 9.17) is 11.3 Å². The van der Waals surface area contributed by atoms with Gasteiger partial charge in [-0.05, 0) is 36.8 Å². The highest BCUT2D eigenvalue weighted by molar-refractivity contribution is 7.89. The van der Waals surface area contributed by atoms with Gasteiger partial charge in [0.2, 0.25) is 15.7 Å². The predicted molar refractivity (Wildman–Crippen MR) is 107 cm³/mol. The molecule has 3 rings (SSSR count). The van der Waals surface area contributed by atoms with Crippen LogP contribution < -0.4 is 10.0 Å². The van der Waals surface area contributed by atoms with Gasteiger partial charge in [0.15, 0.2) is 5.82 Å². The van der Waals surface area contributed by atoms with Crippen molar-refractivity contribution in [1.29, 1.82) is 0 Å². The van der Waals surface area contributed by atoms with Crippen molar-refractivity contribution in [3.63, 3.8) is 0 Å². The molecule has 1 aliphatic rings. The van der Waals surface area contributed by atoms with Crippen LogP contribution in [0, 0.1) is 24.0 Å². The van der Waals surface area contributed by atoms with Crippen molar-refractivity contribution in [3.8, 4) is 0 Å². The van der Waals surface area contributed by atoms with Crippen LogP contribution in [0.25, 0.3) is 4.85 Å². The van der Waals surface area contributed by atoms with Gasteiger partial charge < -0.3 is 10.1 Å². The molecule has 1 heterocycles. The Morgan fingerprint density at radius 3 is 2.50 bits per heavy atom. The highest BCUT2D eigenvalue weighted by Crippen LogP contribution is 2.25. The van der Waals surface area contributed by atoms with E-state index in [0.29, 0.717) is 25.2 Å². The molecule has 0 radical (unpaired) electrons. The fourth-order valence-corrected chi connectivity index (χ4v) is 4.07. The van der Waals surface area contributed by atoms with Gasteiger partial charge in [0.05, 0.1) is 13.2 Å². The summed E-state index contributed by atoms with van der Waals surface area (Å²) >= 11 is 0. The van der Waals surface area contributed by atoms with E-state index in [1.165, 1.54) is 0 Å². The Hall–Kier alpha value is -2.59. The van der Waals surface area contributed by atoms with Gasteiger partial charge in [-0.1, -0.05) is 0 Å². The average molecular weight is 459 g/mol. The summed E-state index contributed by atoms with van der Waals surface area (Å²) in [5.74, 6) is -4.97. The minimum Gasteiger partial charge on any atom is -0.380 e. The summed E-state index contributed by atoms with van der Waals surface area (Å²) in [5.41, 5.74) is -1.61. The molecule has 1 saturated heterocycles. The fourth-order valence-electron chi connectivity index (χ4n) is 2.73. The quantitative estimate of drug-likeness (QED) is 0.673. The monoisotopic (exact) mass is 459 g/mol. The first-order valence-corrected chi connectivity index (χ1v) is 9.77. The van der Waals surface area contributed by atoms with E-state index in [1.54, 1.807) is 0 Å². The van der Waals surface area contributed by atoms with E-state index in [1.807, 2.05) is 0 Å². The number of sulfonamides is 1. The normalized spacial score (nSPS) is 15.9. The molecule has 0 unspecified atom stereocenters. The Labute approximate surface area is 177 Å². The average Bonchev–Trinajstić information content (AvgIpc) is 3.15. The van der Waals surface area contributed by atoms with Crippen molar-refractivity contribution in [1.82, 2.24) is 4.72 Å². The van der Waals surface area contributed by atoms with Crippen LogP contribution in [0.4, 0.5) is 24.5 Å². The van der Waals surface area contributed by atoms with Crippen molar-refractivity contribution < 1.29 is 31.1 Å². The van der Waals surface area contributed by atoms with Gasteiger partial charge in [0.25, 0.3) is 5.91 Å². The Bertz CT molecular complexity index is 1110. The second-order valence-corrected chi connectivity index (χ2v) is 7.83. The number of nitrogens with one attached hydrogen (secondary N) is 2. The molecule has 160 valence electrons. The lowest BCUT2D eigenvalue weighted by Crippen LogP contribution is -2.35. The summed E-state index contributed by atoms with van der Waals surface area (Å²) in [6.07, 6.45) is 0.392. The highest BCUT2D eigenvalue weighted by atomic mass is 32.2. The first kappa shape index (κ1) is 23.7. The number of amides is 1. The van der Waals surface area contributed by atoms with Gasteiger partial charge in [-0.15, -0.1) is 0 Å². The van der Waals surface area contributed by atoms with E-state index in [2.05, 4.69) is 14.9 Å². The molecule has 1 aliphatic heterocycles. The van der Waals surface area contributed by atoms with Gasteiger partial charge in [-0.3, -0.25) is 4.79 Å². The van der Waals surface area contributed by atoms with E-state index < -0.39 is 55.6 Å². The third-order valence-electron chi connectivity index (χ3n) is 4.15. The summed E-state index contributed by atoms with van der Waals surface area (Å²) < 4.78 is 74.5. The molecule has 0 aromatic heterocycles. The molecular formula is C18H16F3N3O4S2. The van der Waals surface area contributed by atoms with Crippen molar-refractivity contribution >= 4 is 40.8 Å². The van der Waals surface area contributed by atoms with Crippen LogP contribution in [0.3, 0.4) is 0 Å². The number of rotatable bonds is 5. The molecule has 30 heavy (non-hydrogen) atoms. The maximum absolute atomic E-state index is 14.8. The lowest BCUT2D eigenvalue weighted by molar-refractivity contribution is 0.101. The number of nitrogens with zero attached hydrogens (tertiary/aromatic N) is 1. The number of anilines is 1. The first-order valence-electron chi connectivity index (χ1n) is 8.29. The smallest absolute Gasteiger partial charge is 0.261 e. The Balaban J connectivity index is 0.00000320. The van der Waals surface area contributed by atoms with E-state index in [-0.39, 0.29) is 25.8 Å². The molecule has 7 nitrogen and oxygen atoms in total. The fraction of sp³-hybridized carbons (Fsp3) is 0.222. The molecule has 2 aromatic rings. The van der Waals surface area contributed by atoms with Gasteiger partial charge in [-0.2, -0.15) is 13.5 Å². The minimum atomic E-state index is -4.38. The van der Waals surface area contributed by atoms with Crippen LogP contribution in [0.1, 0.15) is 16.8 Å². The minimum absolute atomic E-state index is 0. The lowest BCUT2D eigenvalue weighted by Gasteiger charge is -2.14. The molecule has 0 spiro atoms. The number of benzene rings is 2. The molecule has 2 aromatic carbocycles. The third-order valence-corrected chi connectivity index (χ3v) is 5.69. The highest BCUT2D eigenvalue weighted by Gasteiger charge is 2.30. The number of carbonyl (C=O) groups excluding carboxylic acids is 1. The first-order chi connectivity index (χ1) is 13.7. The Morgan fingerprint density at radius 2 is 1.87 bits per heavy atom. The molecule has 1 amide bonds. The van der Waals surface area contributed by atoms with E-state index >= 15 is 0 Å². The second-order valence-electron chi connectivity index (χ2n) is 6.15. The zero-order valence-electron chi connectivity index (χ0n) is 15.2. The predicted octanol–water partition coefficient (Wildman–Crippen LogP) is 3.09.